The van der Waals surface area contributed by atoms with Gasteiger partial charge in [0.15, 0.2) is 5.13 Å². The summed E-state index contributed by atoms with van der Waals surface area (Å²) < 4.78 is 2.94. The summed E-state index contributed by atoms with van der Waals surface area (Å²) in [5, 5.41) is 5.66. The Kier molecular flexibility index (Phi) is 5.58. The van der Waals surface area contributed by atoms with Crippen molar-refractivity contribution >= 4 is 72.1 Å². The summed E-state index contributed by atoms with van der Waals surface area (Å²) in [7, 11) is 0. The van der Waals surface area contributed by atoms with Gasteiger partial charge in [0.2, 0.25) is 5.91 Å². The minimum Gasteiger partial charge on any atom is -0.302 e. The van der Waals surface area contributed by atoms with E-state index < -0.39 is 0 Å². The van der Waals surface area contributed by atoms with E-state index in [-0.39, 0.29) is 24.4 Å². The van der Waals surface area contributed by atoms with Gasteiger partial charge >= 0.3 is 0 Å². The van der Waals surface area contributed by atoms with Crippen LogP contribution in [0.4, 0.5) is 5.13 Å². The molecule has 0 atom stereocenters. The van der Waals surface area contributed by atoms with Crippen molar-refractivity contribution in [3.05, 3.63) is 61.2 Å². The molecule has 0 fully saturated rings. The largest absolute Gasteiger partial charge is 0.302 e. The summed E-state index contributed by atoms with van der Waals surface area (Å²) in [5.41, 5.74) is 1.22. The second-order valence-electron chi connectivity index (χ2n) is 5.84. The number of hydrogen-bond donors (Lipinski definition) is 1. The molecule has 1 N–H and O–H groups in total. The molecule has 0 unspecified atom stereocenters. The number of halogens is 2. The van der Waals surface area contributed by atoms with E-state index in [1.807, 2.05) is 23.6 Å². The van der Waals surface area contributed by atoms with Gasteiger partial charge in [0, 0.05) is 22.8 Å². The summed E-state index contributed by atoms with van der Waals surface area (Å²) >= 11 is 12.1. The van der Waals surface area contributed by atoms with Crippen molar-refractivity contribution in [1.29, 1.82) is 0 Å². The molecule has 0 saturated heterocycles. The fraction of sp³-hybridized carbons (Fsp3) is 0.111. The quantitative estimate of drug-likeness (QED) is 0.421. The van der Waals surface area contributed by atoms with Crippen molar-refractivity contribution in [1.82, 2.24) is 14.5 Å². The molecule has 0 spiro atoms. The van der Waals surface area contributed by atoms with E-state index in [2.05, 4.69) is 31.2 Å². The number of anilines is 1. The predicted octanol–water partition coefficient (Wildman–Crippen LogP) is 5.03. The van der Waals surface area contributed by atoms with E-state index in [1.54, 1.807) is 12.1 Å². The molecule has 28 heavy (non-hydrogen) atoms. The Labute approximate surface area is 181 Å². The Morgan fingerprint density at radius 2 is 2.14 bits per heavy atom. The molecule has 4 rings (SSSR count). The van der Waals surface area contributed by atoms with E-state index in [9.17, 15) is 9.59 Å². The average molecular weight is 496 g/mol. The summed E-state index contributed by atoms with van der Waals surface area (Å²) in [4.78, 5) is 34.5. The van der Waals surface area contributed by atoms with Crippen LogP contribution in [0.1, 0.15) is 6.42 Å². The molecule has 1 aromatic carbocycles. The standard InChI is InChI=1S/C18H12BrClN4O2S2/c19-10-1-2-12-11(7-10)17(26)24(9-21-12)6-5-16(25)23-18-22-13(8-27-18)14-3-4-15(20)28-14/h1-4,7-9H,5-6H2,(H,22,23,25). The van der Waals surface area contributed by atoms with Crippen LogP contribution in [0, 0.1) is 0 Å². The molecular formula is C18H12BrClN4O2S2. The molecule has 3 aromatic heterocycles. The van der Waals surface area contributed by atoms with Crippen LogP contribution in [-0.4, -0.2) is 20.4 Å². The summed E-state index contributed by atoms with van der Waals surface area (Å²) in [6, 6.07) is 9.05. The number of thiophene rings is 1. The van der Waals surface area contributed by atoms with E-state index in [1.165, 1.54) is 33.6 Å². The highest BCUT2D eigenvalue weighted by Crippen LogP contribution is 2.32. The van der Waals surface area contributed by atoms with Crippen LogP contribution in [0.3, 0.4) is 0 Å². The van der Waals surface area contributed by atoms with Crippen molar-refractivity contribution in [2.75, 3.05) is 5.32 Å². The minimum absolute atomic E-state index is 0.140. The highest BCUT2D eigenvalue weighted by atomic mass is 79.9. The maximum absolute atomic E-state index is 12.6. The lowest BCUT2D eigenvalue weighted by molar-refractivity contribution is -0.116. The number of rotatable bonds is 5. The van der Waals surface area contributed by atoms with Gasteiger partial charge in [0.1, 0.15) is 0 Å². The van der Waals surface area contributed by atoms with E-state index in [4.69, 9.17) is 11.6 Å². The number of aromatic nitrogens is 3. The molecule has 1 amide bonds. The second-order valence-corrected chi connectivity index (χ2v) is 9.33. The SMILES string of the molecule is O=C(CCn1cnc2ccc(Br)cc2c1=O)Nc1nc(-c2ccc(Cl)s2)cs1. The molecular weight excluding hydrogens is 484 g/mol. The summed E-state index contributed by atoms with van der Waals surface area (Å²) in [6.45, 7) is 0.235. The average Bonchev–Trinajstić information content (AvgIpc) is 3.30. The topological polar surface area (TPSA) is 76.9 Å². The molecule has 142 valence electrons. The first-order valence-corrected chi connectivity index (χ1v) is 11.0. The highest BCUT2D eigenvalue weighted by molar-refractivity contribution is 9.10. The minimum atomic E-state index is -0.216. The second kappa shape index (κ2) is 8.12. The fourth-order valence-electron chi connectivity index (χ4n) is 2.59. The lowest BCUT2D eigenvalue weighted by atomic mass is 10.2. The Morgan fingerprint density at radius 1 is 1.29 bits per heavy atom. The lowest BCUT2D eigenvalue weighted by Gasteiger charge is -2.06. The van der Waals surface area contributed by atoms with Crippen molar-refractivity contribution in [2.24, 2.45) is 0 Å². The van der Waals surface area contributed by atoms with Crippen LogP contribution < -0.4 is 10.9 Å². The molecule has 0 aliphatic heterocycles. The Morgan fingerprint density at radius 3 is 2.93 bits per heavy atom. The van der Waals surface area contributed by atoms with E-state index in [0.717, 1.165) is 15.0 Å². The number of aryl methyl sites for hydroxylation is 1. The first-order chi connectivity index (χ1) is 13.5. The number of benzene rings is 1. The zero-order chi connectivity index (χ0) is 19.7. The number of hydrogen-bond acceptors (Lipinski definition) is 6. The van der Waals surface area contributed by atoms with Crippen molar-refractivity contribution in [3.63, 3.8) is 0 Å². The number of carbonyl (C=O) groups excluding carboxylic acids is 1. The number of carbonyl (C=O) groups is 1. The van der Waals surface area contributed by atoms with Gasteiger partial charge in [-0.1, -0.05) is 27.5 Å². The van der Waals surface area contributed by atoms with Crippen molar-refractivity contribution in [3.8, 4) is 10.6 Å². The lowest BCUT2D eigenvalue weighted by Crippen LogP contribution is -2.23. The maximum Gasteiger partial charge on any atom is 0.261 e. The van der Waals surface area contributed by atoms with Crippen LogP contribution in [0.15, 0.2) is 51.3 Å². The zero-order valence-electron chi connectivity index (χ0n) is 14.2. The Balaban J connectivity index is 1.42. The summed E-state index contributed by atoms with van der Waals surface area (Å²) in [5.74, 6) is -0.216. The van der Waals surface area contributed by atoms with Crippen LogP contribution >= 0.6 is 50.2 Å². The van der Waals surface area contributed by atoms with Gasteiger partial charge in [0.05, 0.1) is 32.1 Å². The first kappa shape index (κ1) is 19.3. The number of fused-ring (bicyclic) bond motifs is 1. The number of nitrogens with zero attached hydrogens (tertiary/aromatic N) is 3. The summed E-state index contributed by atoms with van der Waals surface area (Å²) in [6.07, 6.45) is 1.61. The molecule has 10 heteroatoms. The monoisotopic (exact) mass is 494 g/mol. The molecule has 0 radical (unpaired) electrons. The number of amides is 1. The Bertz CT molecular complexity index is 1230. The predicted molar refractivity (Wildman–Crippen MR) is 117 cm³/mol. The van der Waals surface area contributed by atoms with E-state index in [0.29, 0.717) is 20.4 Å². The van der Waals surface area contributed by atoms with Gasteiger partial charge in [-0.05, 0) is 30.3 Å². The molecule has 0 aliphatic carbocycles. The molecule has 6 nitrogen and oxygen atoms in total. The molecule has 0 bridgehead atoms. The molecule has 0 saturated carbocycles. The molecule has 3 heterocycles. The van der Waals surface area contributed by atoms with Gasteiger partial charge in [-0.15, -0.1) is 22.7 Å². The maximum atomic E-state index is 12.6. The Hall–Kier alpha value is -2.07. The van der Waals surface area contributed by atoms with Crippen LogP contribution in [0.2, 0.25) is 4.34 Å². The highest BCUT2D eigenvalue weighted by Gasteiger charge is 2.11. The van der Waals surface area contributed by atoms with Gasteiger partial charge in [-0.3, -0.25) is 14.2 Å². The van der Waals surface area contributed by atoms with Gasteiger partial charge < -0.3 is 5.32 Å². The number of thiazole rings is 1. The molecule has 4 aromatic rings. The van der Waals surface area contributed by atoms with Gasteiger partial charge in [-0.2, -0.15) is 0 Å². The third-order valence-electron chi connectivity index (χ3n) is 3.94. The smallest absolute Gasteiger partial charge is 0.261 e. The van der Waals surface area contributed by atoms with Gasteiger partial charge in [0.25, 0.3) is 5.56 Å². The van der Waals surface area contributed by atoms with Crippen molar-refractivity contribution < 1.29 is 4.79 Å². The van der Waals surface area contributed by atoms with Crippen LogP contribution in [0.5, 0.6) is 0 Å². The van der Waals surface area contributed by atoms with Crippen LogP contribution in [-0.2, 0) is 11.3 Å². The zero-order valence-corrected chi connectivity index (χ0v) is 18.2. The number of nitrogens with one attached hydrogen (secondary N) is 1. The molecule has 0 aliphatic rings. The third kappa shape index (κ3) is 4.17. The fourth-order valence-corrected chi connectivity index (χ4v) is 4.76. The van der Waals surface area contributed by atoms with Crippen LogP contribution in [0.25, 0.3) is 21.5 Å². The first-order valence-electron chi connectivity index (χ1n) is 8.15. The normalized spacial score (nSPS) is 11.1. The van der Waals surface area contributed by atoms with Crippen molar-refractivity contribution in [2.45, 2.75) is 13.0 Å². The van der Waals surface area contributed by atoms with Gasteiger partial charge in [-0.25, -0.2) is 9.97 Å². The third-order valence-corrected chi connectivity index (χ3v) is 6.45. The van der Waals surface area contributed by atoms with E-state index >= 15 is 0 Å².